The molecular formula is C13H19FN2O. The summed E-state index contributed by atoms with van der Waals surface area (Å²) < 4.78 is 13.4. The van der Waals surface area contributed by atoms with Crippen LogP contribution in [0.25, 0.3) is 0 Å². The lowest BCUT2D eigenvalue weighted by Crippen LogP contribution is -2.27. The molecule has 3 nitrogen and oxygen atoms in total. The average Bonchev–Trinajstić information content (AvgIpc) is 2.23. The van der Waals surface area contributed by atoms with Crippen LogP contribution >= 0.6 is 0 Å². The lowest BCUT2D eigenvalue weighted by molar-refractivity contribution is -0.116. The number of hydrogen-bond acceptors (Lipinski definition) is 2. The summed E-state index contributed by atoms with van der Waals surface area (Å²) in [6, 6.07) is 4.46. The molecule has 0 aliphatic carbocycles. The molecule has 0 saturated carbocycles. The van der Waals surface area contributed by atoms with Gasteiger partial charge in [-0.2, -0.15) is 0 Å². The van der Waals surface area contributed by atoms with E-state index in [-0.39, 0.29) is 24.1 Å². The molecule has 0 aromatic heterocycles. The van der Waals surface area contributed by atoms with Crippen molar-refractivity contribution in [2.75, 3.05) is 5.32 Å². The molecule has 0 bridgehead atoms. The van der Waals surface area contributed by atoms with Gasteiger partial charge >= 0.3 is 0 Å². The summed E-state index contributed by atoms with van der Waals surface area (Å²) in [5.41, 5.74) is 6.88. The van der Waals surface area contributed by atoms with E-state index in [9.17, 15) is 9.18 Å². The Bertz CT molecular complexity index is 393. The zero-order chi connectivity index (χ0) is 12.8. The van der Waals surface area contributed by atoms with Crippen LogP contribution in [0.4, 0.5) is 10.1 Å². The van der Waals surface area contributed by atoms with Crippen LogP contribution in [0.1, 0.15) is 31.7 Å². The van der Waals surface area contributed by atoms with Crippen molar-refractivity contribution in [2.45, 2.75) is 39.2 Å². The van der Waals surface area contributed by atoms with Gasteiger partial charge in [0.25, 0.3) is 0 Å². The van der Waals surface area contributed by atoms with E-state index in [1.807, 2.05) is 13.8 Å². The molecular weight excluding hydrogens is 219 g/mol. The van der Waals surface area contributed by atoms with Crippen molar-refractivity contribution in [1.82, 2.24) is 0 Å². The van der Waals surface area contributed by atoms with Crippen LogP contribution in [0.3, 0.4) is 0 Å². The third kappa shape index (κ3) is 4.53. The predicted molar refractivity (Wildman–Crippen MR) is 67.3 cm³/mol. The van der Waals surface area contributed by atoms with Crippen molar-refractivity contribution < 1.29 is 9.18 Å². The number of benzene rings is 1. The molecule has 0 heterocycles. The van der Waals surface area contributed by atoms with Gasteiger partial charge in [-0.25, -0.2) is 4.39 Å². The zero-order valence-electron chi connectivity index (χ0n) is 10.3. The summed E-state index contributed by atoms with van der Waals surface area (Å²) in [5.74, 6) is -0.663. The maximum absolute atomic E-state index is 13.4. The minimum Gasteiger partial charge on any atom is -0.327 e. The van der Waals surface area contributed by atoms with Crippen molar-refractivity contribution in [3.63, 3.8) is 0 Å². The number of halogens is 1. The molecule has 0 spiro atoms. The van der Waals surface area contributed by atoms with E-state index >= 15 is 0 Å². The van der Waals surface area contributed by atoms with Gasteiger partial charge in [-0.15, -0.1) is 0 Å². The Morgan fingerprint density at radius 2 is 2.24 bits per heavy atom. The minimum atomic E-state index is -0.423. The SMILES string of the molecule is CCCC(N)CC(=O)Nc1cc(C)ccc1F. The number of carbonyl (C=O) groups is 1. The Labute approximate surface area is 101 Å². The van der Waals surface area contributed by atoms with Crippen LogP contribution in [-0.4, -0.2) is 11.9 Å². The average molecular weight is 238 g/mol. The molecule has 1 amide bonds. The number of hydrogen-bond donors (Lipinski definition) is 2. The molecule has 94 valence electrons. The van der Waals surface area contributed by atoms with Gasteiger partial charge in [-0.3, -0.25) is 4.79 Å². The van der Waals surface area contributed by atoms with Crippen molar-refractivity contribution in [3.8, 4) is 0 Å². The second-order valence-corrected chi connectivity index (χ2v) is 4.28. The number of carbonyl (C=O) groups excluding carboxylic acids is 1. The molecule has 17 heavy (non-hydrogen) atoms. The normalized spacial score (nSPS) is 12.2. The highest BCUT2D eigenvalue weighted by atomic mass is 19.1. The Hall–Kier alpha value is -1.42. The van der Waals surface area contributed by atoms with Gasteiger partial charge in [0.15, 0.2) is 0 Å². The lowest BCUT2D eigenvalue weighted by atomic mass is 10.1. The molecule has 0 aliphatic rings. The summed E-state index contributed by atoms with van der Waals surface area (Å²) in [5, 5.41) is 2.55. The van der Waals surface area contributed by atoms with Crippen LogP contribution in [0.15, 0.2) is 18.2 Å². The molecule has 0 fully saturated rings. The first-order valence-corrected chi connectivity index (χ1v) is 5.84. The summed E-state index contributed by atoms with van der Waals surface area (Å²) in [6.07, 6.45) is 1.96. The fourth-order valence-electron chi connectivity index (χ4n) is 1.65. The van der Waals surface area contributed by atoms with E-state index in [4.69, 9.17) is 5.73 Å². The van der Waals surface area contributed by atoms with E-state index in [0.29, 0.717) is 0 Å². The van der Waals surface area contributed by atoms with Gasteiger partial charge in [0.2, 0.25) is 5.91 Å². The predicted octanol–water partition coefficient (Wildman–Crippen LogP) is 2.59. The first kappa shape index (κ1) is 13.6. The molecule has 1 aromatic carbocycles. The van der Waals surface area contributed by atoms with Gasteiger partial charge < -0.3 is 11.1 Å². The smallest absolute Gasteiger partial charge is 0.226 e. The minimum absolute atomic E-state index is 0.159. The third-order valence-electron chi connectivity index (χ3n) is 2.50. The van der Waals surface area contributed by atoms with Crippen molar-refractivity contribution in [3.05, 3.63) is 29.6 Å². The van der Waals surface area contributed by atoms with E-state index in [0.717, 1.165) is 18.4 Å². The van der Waals surface area contributed by atoms with Crippen molar-refractivity contribution >= 4 is 11.6 Å². The molecule has 1 rings (SSSR count). The van der Waals surface area contributed by atoms with Crippen LogP contribution in [-0.2, 0) is 4.79 Å². The highest BCUT2D eigenvalue weighted by Crippen LogP contribution is 2.16. The number of anilines is 1. The standard InChI is InChI=1S/C13H19FN2O/c1-3-4-10(15)8-13(17)16-12-7-9(2)5-6-11(12)14/h5-7,10H,3-4,8,15H2,1-2H3,(H,16,17). The fraction of sp³-hybridized carbons (Fsp3) is 0.462. The number of nitrogens with two attached hydrogens (primary N) is 1. The third-order valence-corrected chi connectivity index (χ3v) is 2.50. The molecule has 0 radical (unpaired) electrons. The number of aryl methyl sites for hydroxylation is 1. The summed E-state index contributed by atoms with van der Waals surface area (Å²) >= 11 is 0. The molecule has 1 atom stereocenters. The van der Waals surface area contributed by atoms with Gasteiger partial charge in [0.05, 0.1) is 5.69 Å². The Kier molecular flexibility index (Phi) is 5.10. The van der Waals surface area contributed by atoms with E-state index in [1.165, 1.54) is 6.07 Å². The van der Waals surface area contributed by atoms with Gasteiger partial charge in [-0.1, -0.05) is 19.4 Å². The molecule has 1 unspecified atom stereocenters. The Morgan fingerprint density at radius 3 is 2.88 bits per heavy atom. The number of rotatable bonds is 5. The van der Waals surface area contributed by atoms with E-state index in [1.54, 1.807) is 12.1 Å². The summed E-state index contributed by atoms with van der Waals surface area (Å²) in [4.78, 5) is 11.6. The molecule has 0 aliphatic heterocycles. The monoisotopic (exact) mass is 238 g/mol. The van der Waals surface area contributed by atoms with Crippen LogP contribution in [0.2, 0.25) is 0 Å². The largest absolute Gasteiger partial charge is 0.327 e. The number of nitrogens with one attached hydrogen (secondary N) is 1. The van der Waals surface area contributed by atoms with E-state index < -0.39 is 5.82 Å². The molecule has 1 aromatic rings. The van der Waals surface area contributed by atoms with Crippen molar-refractivity contribution in [1.29, 1.82) is 0 Å². The topological polar surface area (TPSA) is 55.1 Å². The summed E-state index contributed by atoms with van der Waals surface area (Å²) in [7, 11) is 0. The van der Waals surface area contributed by atoms with Crippen molar-refractivity contribution in [2.24, 2.45) is 5.73 Å². The molecule has 3 N–H and O–H groups in total. The number of amides is 1. The Balaban J connectivity index is 2.58. The quantitative estimate of drug-likeness (QED) is 0.828. The molecule has 0 saturated heterocycles. The van der Waals surface area contributed by atoms with Gasteiger partial charge in [-0.05, 0) is 31.0 Å². The summed E-state index contributed by atoms with van der Waals surface area (Å²) in [6.45, 7) is 3.86. The maximum Gasteiger partial charge on any atom is 0.226 e. The zero-order valence-corrected chi connectivity index (χ0v) is 10.3. The second-order valence-electron chi connectivity index (χ2n) is 4.28. The van der Waals surface area contributed by atoms with E-state index in [2.05, 4.69) is 5.32 Å². The van der Waals surface area contributed by atoms with Crippen LogP contribution in [0, 0.1) is 12.7 Å². The highest BCUT2D eigenvalue weighted by molar-refractivity contribution is 5.91. The highest BCUT2D eigenvalue weighted by Gasteiger charge is 2.11. The fourth-order valence-corrected chi connectivity index (χ4v) is 1.65. The first-order valence-electron chi connectivity index (χ1n) is 5.84. The van der Waals surface area contributed by atoms with Gasteiger partial charge in [0.1, 0.15) is 5.82 Å². The Morgan fingerprint density at radius 1 is 1.53 bits per heavy atom. The maximum atomic E-state index is 13.4. The second kappa shape index (κ2) is 6.35. The first-order chi connectivity index (χ1) is 8.02. The lowest BCUT2D eigenvalue weighted by Gasteiger charge is -2.11. The van der Waals surface area contributed by atoms with Crippen LogP contribution in [0.5, 0.6) is 0 Å². The van der Waals surface area contributed by atoms with Crippen LogP contribution < -0.4 is 11.1 Å². The van der Waals surface area contributed by atoms with Gasteiger partial charge in [0, 0.05) is 12.5 Å². The molecule has 4 heteroatoms.